The van der Waals surface area contributed by atoms with Gasteiger partial charge in [-0.05, 0) is 66.1 Å². The van der Waals surface area contributed by atoms with Gasteiger partial charge in [-0.3, -0.25) is 4.79 Å². The van der Waals surface area contributed by atoms with Gasteiger partial charge in [0.15, 0.2) is 0 Å². The van der Waals surface area contributed by atoms with E-state index in [1.54, 1.807) is 6.07 Å². The largest absolute Gasteiger partial charge is 0.489 e. The van der Waals surface area contributed by atoms with E-state index in [9.17, 15) is 14.7 Å². The number of carboxylic acid groups (broad SMARTS) is 1. The molecule has 1 N–H and O–H groups in total. The minimum absolute atomic E-state index is 0. The van der Waals surface area contributed by atoms with Gasteiger partial charge in [0.25, 0.3) is 0 Å². The van der Waals surface area contributed by atoms with Crippen LogP contribution in [0.2, 0.25) is 0 Å². The minimum Gasteiger partial charge on any atom is -0.489 e. The minimum atomic E-state index is -0.914. The number of carbonyl (C=O) groups excluding carboxylic acids is 1. The lowest BCUT2D eigenvalue weighted by Crippen LogP contribution is -2.37. The first-order valence-corrected chi connectivity index (χ1v) is 15.7. The number of carbonyl (C=O) groups is 2. The van der Waals surface area contributed by atoms with Gasteiger partial charge in [0.1, 0.15) is 17.2 Å². The summed E-state index contributed by atoms with van der Waals surface area (Å²) in [5.74, 6) is -0.00133. The number of rotatable bonds is 8. The summed E-state index contributed by atoms with van der Waals surface area (Å²) in [6.45, 7) is 4.12. The van der Waals surface area contributed by atoms with E-state index in [1.807, 2.05) is 48.3 Å². The molecule has 1 amide bonds. The second kappa shape index (κ2) is 13.0. The maximum Gasteiger partial charge on any atom is 0.345 e. The van der Waals surface area contributed by atoms with Crippen molar-refractivity contribution in [2.45, 2.75) is 19.4 Å². The molecule has 0 aliphatic carbocycles. The second-order valence-corrected chi connectivity index (χ2v) is 12.2. The molecule has 45 heavy (non-hydrogen) atoms. The number of anilines is 2. The molecule has 5 aromatic rings. The summed E-state index contributed by atoms with van der Waals surface area (Å²) in [7, 11) is 1.98. The Morgan fingerprint density at radius 1 is 0.956 bits per heavy atom. The van der Waals surface area contributed by atoms with Crippen molar-refractivity contribution >= 4 is 57.2 Å². The van der Waals surface area contributed by atoms with E-state index >= 15 is 0 Å². The van der Waals surface area contributed by atoms with Gasteiger partial charge in [-0.25, -0.2) is 4.79 Å². The van der Waals surface area contributed by atoms with E-state index in [0.717, 1.165) is 81.3 Å². The van der Waals surface area contributed by atoms with Crippen LogP contribution in [0.1, 0.15) is 28.1 Å². The fraction of sp³-hybridized carbons (Fsp3) is 0.257. The first-order chi connectivity index (χ1) is 21.5. The fourth-order valence-electron chi connectivity index (χ4n) is 6.28. The van der Waals surface area contributed by atoms with Crippen LogP contribution in [0.15, 0.2) is 78.9 Å². The van der Waals surface area contributed by atoms with Crippen LogP contribution in [-0.4, -0.2) is 54.4 Å². The number of thiophene rings is 1. The molecule has 4 heterocycles. The molecule has 0 saturated carbocycles. The smallest absolute Gasteiger partial charge is 0.345 e. The molecule has 0 unspecified atom stereocenters. The lowest BCUT2D eigenvalue weighted by molar-refractivity contribution is -0.117. The number of fused-ring (bicyclic) bond motifs is 1. The Balaban J connectivity index is 0.00000357. The number of hydrogen-bond donors (Lipinski definition) is 1. The molecule has 8 nitrogen and oxygen atoms in total. The topological polar surface area (TPSA) is 84.2 Å². The number of morpholine rings is 1. The van der Waals surface area contributed by atoms with Gasteiger partial charge >= 0.3 is 5.97 Å². The highest BCUT2D eigenvalue weighted by molar-refractivity contribution is 7.21. The van der Waals surface area contributed by atoms with Gasteiger partial charge in [-0.1, -0.05) is 30.3 Å². The molecule has 2 aromatic heterocycles. The molecule has 2 aliphatic heterocycles. The molecule has 2 saturated heterocycles. The van der Waals surface area contributed by atoms with E-state index in [2.05, 4.69) is 45.9 Å². The van der Waals surface area contributed by atoms with E-state index < -0.39 is 5.97 Å². The molecule has 0 bridgehead atoms. The zero-order chi connectivity index (χ0) is 30.2. The van der Waals surface area contributed by atoms with Crippen LogP contribution in [-0.2, 0) is 23.2 Å². The van der Waals surface area contributed by atoms with E-state index in [0.29, 0.717) is 31.1 Å². The summed E-state index contributed by atoms with van der Waals surface area (Å²) in [5.41, 5.74) is 8.07. The third-order valence-electron chi connectivity index (χ3n) is 8.47. The molecule has 2 fully saturated rings. The number of ether oxygens (including phenoxy) is 2. The van der Waals surface area contributed by atoms with Gasteiger partial charge in [-0.15, -0.1) is 23.7 Å². The standard InChI is InChI=1S/C35H33N3O5S.ClH/c1-36-29-21-30(35(40)41)44-34(29)32(23-6-3-2-4-7-23)33(36)24-9-12-27(13-10-24)43-22-25-20-26(38-15-5-8-31(38)39)11-14-28(25)37-16-18-42-19-17-37;/h2-4,6-7,9-14,20-21H,5,8,15-19,22H2,1H3,(H,40,41);1H. The van der Waals surface area contributed by atoms with Crippen molar-refractivity contribution in [3.05, 3.63) is 89.3 Å². The summed E-state index contributed by atoms with van der Waals surface area (Å²) in [4.78, 5) is 28.7. The summed E-state index contributed by atoms with van der Waals surface area (Å²) >= 11 is 1.31. The summed E-state index contributed by atoms with van der Waals surface area (Å²) in [6.07, 6.45) is 1.48. The van der Waals surface area contributed by atoms with E-state index in [-0.39, 0.29) is 18.3 Å². The maximum atomic E-state index is 12.5. The molecule has 3 aromatic carbocycles. The van der Waals surface area contributed by atoms with Crippen molar-refractivity contribution in [3.8, 4) is 28.1 Å². The predicted molar refractivity (Wildman–Crippen MR) is 181 cm³/mol. The van der Waals surface area contributed by atoms with Crippen molar-refractivity contribution in [2.75, 3.05) is 42.6 Å². The van der Waals surface area contributed by atoms with Crippen LogP contribution in [0.3, 0.4) is 0 Å². The fourth-order valence-corrected chi connectivity index (χ4v) is 7.38. The van der Waals surface area contributed by atoms with Crippen molar-refractivity contribution in [2.24, 2.45) is 7.05 Å². The van der Waals surface area contributed by atoms with Crippen LogP contribution in [0.25, 0.3) is 32.6 Å². The highest BCUT2D eigenvalue weighted by atomic mass is 35.5. The van der Waals surface area contributed by atoms with Crippen LogP contribution in [0.4, 0.5) is 11.4 Å². The molecular weight excluding hydrogens is 610 g/mol. The zero-order valence-corrected chi connectivity index (χ0v) is 26.5. The molecule has 232 valence electrons. The molecule has 7 rings (SSSR count). The predicted octanol–water partition coefficient (Wildman–Crippen LogP) is 7.24. The Hall–Kier alpha value is -4.31. The number of amides is 1. The molecule has 0 atom stereocenters. The van der Waals surface area contributed by atoms with Crippen molar-refractivity contribution in [1.82, 2.24) is 4.57 Å². The van der Waals surface area contributed by atoms with Gasteiger partial charge < -0.3 is 28.9 Å². The van der Waals surface area contributed by atoms with Gasteiger partial charge in [-0.2, -0.15) is 0 Å². The van der Waals surface area contributed by atoms with E-state index in [4.69, 9.17) is 9.47 Å². The Kier molecular flexibility index (Phi) is 8.85. The van der Waals surface area contributed by atoms with Gasteiger partial charge in [0, 0.05) is 55.6 Å². The Morgan fingerprint density at radius 3 is 2.40 bits per heavy atom. The van der Waals surface area contributed by atoms with E-state index in [1.165, 1.54) is 11.3 Å². The first-order valence-electron chi connectivity index (χ1n) is 14.9. The number of benzene rings is 3. The quantitative estimate of drug-likeness (QED) is 0.192. The van der Waals surface area contributed by atoms with Crippen LogP contribution in [0, 0.1) is 0 Å². The lowest BCUT2D eigenvalue weighted by Gasteiger charge is -2.31. The zero-order valence-electron chi connectivity index (χ0n) is 24.9. The molecule has 0 spiro atoms. The summed E-state index contributed by atoms with van der Waals surface area (Å²) < 4.78 is 15.0. The number of aromatic carboxylic acids is 1. The summed E-state index contributed by atoms with van der Waals surface area (Å²) in [6, 6.07) is 26.2. The third-order valence-corrected chi connectivity index (χ3v) is 9.60. The second-order valence-electron chi connectivity index (χ2n) is 11.2. The number of carboxylic acids is 1. The van der Waals surface area contributed by atoms with Crippen LogP contribution in [0.5, 0.6) is 5.75 Å². The Bertz CT molecular complexity index is 1840. The van der Waals surface area contributed by atoms with Crippen molar-refractivity contribution in [3.63, 3.8) is 0 Å². The first kappa shape index (κ1) is 30.7. The number of nitrogens with zero attached hydrogens (tertiary/aromatic N) is 3. The lowest BCUT2D eigenvalue weighted by atomic mass is 10.0. The van der Waals surface area contributed by atoms with Crippen molar-refractivity contribution < 1.29 is 24.2 Å². The number of halogens is 1. The summed E-state index contributed by atoms with van der Waals surface area (Å²) in [5, 5.41) is 9.64. The normalized spacial score (nSPS) is 15.0. The number of aromatic nitrogens is 1. The highest BCUT2D eigenvalue weighted by Crippen LogP contribution is 2.44. The highest BCUT2D eigenvalue weighted by Gasteiger charge is 2.25. The van der Waals surface area contributed by atoms with Crippen LogP contribution >= 0.6 is 23.7 Å². The monoisotopic (exact) mass is 643 g/mol. The average molecular weight is 644 g/mol. The SMILES string of the molecule is Cl.Cn1c(-c2ccc(OCc3cc(N4CCCC4=O)ccc3N3CCOCC3)cc2)c(-c2ccccc2)c2sc(C(=O)O)cc21. The van der Waals surface area contributed by atoms with Crippen molar-refractivity contribution in [1.29, 1.82) is 0 Å². The Labute approximate surface area is 271 Å². The number of hydrogen-bond acceptors (Lipinski definition) is 6. The maximum absolute atomic E-state index is 12.5. The molecule has 0 radical (unpaired) electrons. The average Bonchev–Trinajstić information content (AvgIpc) is 3.76. The molecule has 10 heteroatoms. The van der Waals surface area contributed by atoms with Crippen LogP contribution < -0.4 is 14.5 Å². The molecule has 2 aliphatic rings. The Morgan fingerprint density at radius 2 is 1.71 bits per heavy atom. The van der Waals surface area contributed by atoms with Gasteiger partial charge in [0.05, 0.1) is 29.1 Å². The third kappa shape index (κ3) is 5.91. The van der Waals surface area contributed by atoms with Gasteiger partial charge in [0.2, 0.25) is 5.91 Å². The molecular formula is C35H34ClN3O5S. The number of aryl methyl sites for hydroxylation is 1.